The van der Waals surface area contributed by atoms with E-state index in [1.807, 2.05) is 0 Å². The number of carbonyl (C=O) groups is 1. The van der Waals surface area contributed by atoms with Crippen molar-refractivity contribution in [2.75, 3.05) is 0 Å². The Morgan fingerprint density at radius 2 is 1.95 bits per heavy atom. The summed E-state index contributed by atoms with van der Waals surface area (Å²) >= 11 is 0. The van der Waals surface area contributed by atoms with Crippen LogP contribution in [0.1, 0.15) is 32.6 Å². The number of hydrazine groups is 1. The molecule has 0 spiro atoms. The number of ether oxygens (including phenoxy) is 1. The summed E-state index contributed by atoms with van der Waals surface area (Å²) < 4.78 is 5.42. The molecule has 1 heterocycles. The van der Waals surface area contributed by atoms with Crippen LogP contribution in [0.5, 0.6) is 0 Å². The molecule has 5 atom stereocenters. The first-order valence-corrected chi connectivity index (χ1v) is 6.49. The fourth-order valence-electron chi connectivity index (χ4n) is 2.06. The smallest absolute Gasteiger partial charge is 0.233 e. The van der Waals surface area contributed by atoms with Crippen LogP contribution in [0, 0.1) is 6.42 Å². The molecule has 0 aromatic rings. The fourth-order valence-corrected chi connectivity index (χ4v) is 2.06. The van der Waals surface area contributed by atoms with Gasteiger partial charge in [-0.3, -0.25) is 10.2 Å². The zero-order valence-electron chi connectivity index (χ0n) is 11.0. The Bertz CT molecular complexity index is 289. The number of aliphatic hydroxyl groups excluding tert-OH is 3. The molecule has 0 saturated carbocycles. The van der Waals surface area contributed by atoms with E-state index in [9.17, 15) is 20.1 Å². The van der Waals surface area contributed by atoms with Crippen LogP contribution in [0.15, 0.2) is 0 Å². The summed E-state index contributed by atoms with van der Waals surface area (Å²) in [6.45, 7) is 1.65. The Morgan fingerprint density at radius 3 is 2.58 bits per heavy atom. The van der Waals surface area contributed by atoms with E-state index in [1.165, 1.54) is 0 Å². The maximum absolute atomic E-state index is 10.9. The van der Waals surface area contributed by atoms with Crippen molar-refractivity contribution in [3.63, 3.8) is 0 Å². The lowest BCUT2D eigenvalue weighted by Gasteiger charge is -2.39. The lowest BCUT2D eigenvalue weighted by atomic mass is 9.92. The number of hydrogen-bond donors (Lipinski definition) is 5. The summed E-state index contributed by atoms with van der Waals surface area (Å²) in [7, 11) is 0. The topological polar surface area (TPSA) is 125 Å². The third kappa shape index (κ3) is 4.70. The van der Waals surface area contributed by atoms with Gasteiger partial charge < -0.3 is 20.1 Å². The van der Waals surface area contributed by atoms with Crippen LogP contribution < -0.4 is 11.3 Å². The molecule has 111 valence electrons. The highest BCUT2D eigenvalue weighted by Crippen LogP contribution is 2.23. The van der Waals surface area contributed by atoms with Crippen LogP contribution in [-0.4, -0.2) is 51.7 Å². The third-order valence-corrected chi connectivity index (χ3v) is 3.31. The Labute approximate surface area is 112 Å². The third-order valence-electron chi connectivity index (χ3n) is 3.31. The van der Waals surface area contributed by atoms with Gasteiger partial charge in [-0.2, -0.15) is 0 Å². The number of amides is 1. The summed E-state index contributed by atoms with van der Waals surface area (Å²) in [6.07, 6.45) is -0.322. The molecule has 1 rings (SSSR count). The maximum Gasteiger partial charge on any atom is 0.233 e. The molecule has 19 heavy (non-hydrogen) atoms. The van der Waals surface area contributed by atoms with Crippen LogP contribution in [0.25, 0.3) is 0 Å². The van der Waals surface area contributed by atoms with Gasteiger partial charge in [0.05, 0.1) is 12.2 Å². The van der Waals surface area contributed by atoms with Crippen molar-refractivity contribution in [1.82, 2.24) is 5.43 Å². The van der Waals surface area contributed by atoms with Crippen molar-refractivity contribution in [3.8, 4) is 0 Å². The fraction of sp³-hybridized carbons (Fsp3) is 0.833. The van der Waals surface area contributed by atoms with Crippen LogP contribution in [0.2, 0.25) is 0 Å². The molecule has 0 unspecified atom stereocenters. The SMILES string of the molecule is C[C@@H]1O[C@@H]([CH]CCCCC(=O)NN)[C@H](O)[C@H](O)[C@H]1O. The van der Waals surface area contributed by atoms with Gasteiger partial charge in [-0.1, -0.05) is 6.42 Å². The minimum Gasteiger partial charge on any atom is -0.388 e. The first-order chi connectivity index (χ1) is 8.97. The maximum atomic E-state index is 10.9. The molecule has 0 aromatic carbocycles. The molecule has 1 amide bonds. The number of unbranched alkanes of at least 4 members (excludes halogenated alkanes) is 2. The van der Waals surface area contributed by atoms with E-state index in [1.54, 1.807) is 13.3 Å². The van der Waals surface area contributed by atoms with Gasteiger partial charge in [0, 0.05) is 6.42 Å². The Kier molecular flexibility index (Phi) is 6.67. The predicted octanol–water partition coefficient (Wildman–Crippen LogP) is -1.39. The van der Waals surface area contributed by atoms with Crippen LogP contribution in [0.3, 0.4) is 0 Å². The first-order valence-electron chi connectivity index (χ1n) is 6.49. The molecule has 7 heteroatoms. The second-order valence-corrected chi connectivity index (χ2v) is 4.83. The second-order valence-electron chi connectivity index (χ2n) is 4.83. The molecule has 1 radical (unpaired) electrons. The summed E-state index contributed by atoms with van der Waals surface area (Å²) in [4.78, 5) is 10.9. The predicted molar refractivity (Wildman–Crippen MR) is 67.5 cm³/mol. The molecule has 7 nitrogen and oxygen atoms in total. The first kappa shape index (κ1) is 16.3. The zero-order chi connectivity index (χ0) is 14.4. The van der Waals surface area contributed by atoms with E-state index < -0.39 is 30.5 Å². The molecule has 0 aliphatic carbocycles. The normalized spacial score (nSPS) is 35.1. The van der Waals surface area contributed by atoms with Gasteiger partial charge in [0.1, 0.15) is 18.3 Å². The highest BCUT2D eigenvalue weighted by Gasteiger charge is 2.41. The van der Waals surface area contributed by atoms with Gasteiger partial charge in [-0.25, -0.2) is 5.84 Å². The van der Waals surface area contributed by atoms with Crippen molar-refractivity contribution in [2.24, 2.45) is 5.84 Å². The number of aliphatic hydroxyl groups is 3. The Morgan fingerprint density at radius 1 is 1.26 bits per heavy atom. The Balaban J connectivity index is 2.23. The number of carbonyl (C=O) groups excluding carboxylic acids is 1. The van der Waals surface area contributed by atoms with Crippen LogP contribution in [-0.2, 0) is 9.53 Å². The van der Waals surface area contributed by atoms with E-state index in [0.29, 0.717) is 19.3 Å². The summed E-state index contributed by atoms with van der Waals surface area (Å²) in [5.41, 5.74) is 2.05. The molecule has 0 aromatic heterocycles. The van der Waals surface area contributed by atoms with Crippen LogP contribution in [0.4, 0.5) is 0 Å². The van der Waals surface area contributed by atoms with Gasteiger partial charge in [0.2, 0.25) is 5.91 Å². The molecule has 6 N–H and O–H groups in total. The molecule has 1 fully saturated rings. The van der Waals surface area contributed by atoms with Gasteiger partial charge >= 0.3 is 0 Å². The van der Waals surface area contributed by atoms with Gasteiger partial charge in [-0.05, 0) is 26.2 Å². The van der Waals surface area contributed by atoms with Gasteiger partial charge in [0.15, 0.2) is 0 Å². The number of nitrogens with one attached hydrogen (secondary N) is 1. The van der Waals surface area contributed by atoms with Crippen molar-refractivity contribution in [3.05, 3.63) is 6.42 Å². The van der Waals surface area contributed by atoms with E-state index >= 15 is 0 Å². The molecule has 1 aliphatic heterocycles. The zero-order valence-corrected chi connectivity index (χ0v) is 11.0. The standard InChI is InChI=1S/C12H23N2O5/c1-7-10(16)12(18)11(17)8(19-7)5-3-2-4-6-9(15)14-13/h5,7-8,10-12,16-18H,2-4,6,13H2,1H3,(H,14,15)/t7-,8-,10-,11-,12+/m0/s1. The van der Waals surface area contributed by atoms with Crippen molar-refractivity contribution < 1.29 is 24.9 Å². The van der Waals surface area contributed by atoms with E-state index in [4.69, 9.17) is 10.6 Å². The Hall–Kier alpha value is -0.730. The van der Waals surface area contributed by atoms with E-state index in [2.05, 4.69) is 5.43 Å². The van der Waals surface area contributed by atoms with E-state index in [-0.39, 0.29) is 5.91 Å². The van der Waals surface area contributed by atoms with Crippen LogP contribution >= 0.6 is 0 Å². The quantitative estimate of drug-likeness (QED) is 0.176. The molecule has 1 aliphatic rings. The average molecular weight is 275 g/mol. The average Bonchev–Trinajstić information content (AvgIpc) is 2.41. The largest absolute Gasteiger partial charge is 0.388 e. The minimum atomic E-state index is -1.20. The van der Waals surface area contributed by atoms with Crippen molar-refractivity contribution in [2.45, 2.75) is 63.1 Å². The second kappa shape index (κ2) is 7.76. The lowest BCUT2D eigenvalue weighted by molar-refractivity contribution is -0.208. The molecule has 0 bridgehead atoms. The van der Waals surface area contributed by atoms with Crippen molar-refractivity contribution >= 4 is 5.91 Å². The number of hydrogen-bond acceptors (Lipinski definition) is 6. The summed E-state index contributed by atoms with van der Waals surface area (Å²) in [5, 5.41) is 28.9. The van der Waals surface area contributed by atoms with Gasteiger partial charge in [-0.15, -0.1) is 0 Å². The summed E-state index contributed by atoms with van der Waals surface area (Å²) in [6, 6.07) is 0. The van der Waals surface area contributed by atoms with Crippen molar-refractivity contribution in [1.29, 1.82) is 0 Å². The van der Waals surface area contributed by atoms with E-state index in [0.717, 1.165) is 6.42 Å². The molecular weight excluding hydrogens is 252 g/mol. The minimum absolute atomic E-state index is 0.207. The lowest BCUT2D eigenvalue weighted by Crippen LogP contribution is -2.56. The monoisotopic (exact) mass is 275 g/mol. The molecular formula is C12H23N2O5. The highest BCUT2D eigenvalue weighted by atomic mass is 16.5. The number of rotatable bonds is 6. The summed E-state index contributed by atoms with van der Waals surface area (Å²) in [5.74, 6) is 4.75. The molecule has 1 saturated heterocycles. The number of nitrogens with two attached hydrogens (primary N) is 1. The highest BCUT2D eigenvalue weighted by molar-refractivity contribution is 5.75. The van der Waals surface area contributed by atoms with Gasteiger partial charge in [0.25, 0.3) is 0 Å².